The lowest BCUT2D eigenvalue weighted by Gasteiger charge is -2.10. The highest BCUT2D eigenvalue weighted by atomic mass is 16.5. The number of ether oxygens (including phenoxy) is 1. The number of nitrogens with zero attached hydrogens (tertiary/aromatic N) is 1. The number of aromatic nitrogens is 2. The number of aryl methyl sites for hydroxylation is 1. The van der Waals surface area contributed by atoms with Crippen molar-refractivity contribution in [3.05, 3.63) is 46.5 Å². The van der Waals surface area contributed by atoms with Gasteiger partial charge in [-0.15, -0.1) is 0 Å². The number of hydrogen-bond acceptors (Lipinski definition) is 3. The quantitative estimate of drug-likeness (QED) is 0.902. The first-order chi connectivity index (χ1) is 8.54. The molecule has 1 aromatic carbocycles. The predicted molar refractivity (Wildman–Crippen MR) is 70.8 cm³/mol. The minimum atomic E-state index is -0.146. The summed E-state index contributed by atoms with van der Waals surface area (Å²) in [6, 6.07) is 9.08. The first-order valence-corrected chi connectivity index (χ1v) is 5.89. The third-order valence-corrected chi connectivity index (χ3v) is 2.36. The van der Waals surface area contributed by atoms with Crippen molar-refractivity contribution in [2.75, 3.05) is 0 Å². The summed E-state index contributed by atoms with van der Waals surface area (Å²) in [4.78, 5) is 18.4. The zero-order valence-corrected chi connectivity index (χ0v) is 10.7. The lowest BCUT2D eigenvalue weighted by Crippen LogP contribution is -2.09. The summed E-state index contributed by atoms with van der Waals surface area (Å²) in [6.45, 7) is 5.71. The molecule has 4 heteroatoms. The molecule has 0 fully saturated rings. The molecule has 2 aromatic rings. The molecule has 0 spiro atoms. The van der Waals surface area contributed by atoms with Gasteiger partial charge in [0.15, 0.2) is 0 Å². The van der Waals surface area contributed by atoms with Crippen LogP contribution in [-0.4, -0.2) is 16.1 Å². The van der Waals surface area contributed by atoms with Gasteiger partial charge < -0.3 is 9.72 Å². The lowest BCUT2D eigenvalue weighted by atomic mass is 10.1. The van der Waals surface area contributed by atoms with Crippen LogP contribution in [0.4, 0.5) is 0 Å². The van der Waals surface area contributed by atoms with Crippen molar-refractivity contribution >= 4 is 0 Å². The van der Waals surface area contributed by atoms with Crippen LogP contribution in [0.15, 0.2) is 35.1 Å². The number of aromatic amines is 1. The Bertz CT molecular complexity index is 603. The third kappa shape index (κ3) is 2.97. The maximum Gasteiger partial charge on any atom is 0.251 e. The minimum Gasteiger partial charge on any atom is -0.491 e. The van der Waals surface area contributed by atoms with Gasteiger partial charge in [0.1, 0.15) is 11.6 Å². The molecule has 18 heavy (non-hydrogen) atoms. The standard InChI is InChI=1S/C14H16N2O2/c1-9(2)18-12-6-4-5-11(7-12)13-8-14(17)16-10(3)15-13/h4-9H,1-3H3,(H,15,16,17). The molecule has 0 aliphatic carbocycles. The van der Waals surface area contributed by atoms with Crippen molar-refractivity contribution < 1.29 is 4.74 Å². The first kappa shape index (κ1) is 12.4. The van der Waals surface area contributed by atoms with Crippen LogP contribution in [0, 0.1) is 6.92 Å². The second-order valence-electron chi connectivity index (χ2n) is 4.41. The Hall–Kier alpha value is -2.10. The molecule has 1 heterocycles. The maximum absolute atomic E-state index is 11.4. The summed E-state index contributed by atoms with van der Waals surface area (Å²) in [5.74, 6) is 1.38. The summed E-state index contributed by atoms with van der Waals surface area (Å²) < 4.78 is 5.62. The van der Waals surface area contributed by atoms with Gasteiger partial charge in [-0.3, -0.25) is 4.79 Å². The SMILES string of the molecule is Cc1nc(-c2cccc(OC(C)C)c2)cc(=O)[nH]1. The fourth-order valence-electron chi connectivity index (χ4n) is 1.73. The van der Waals surface area contributed by atoms with Gasteiger partial charge in [-0.05, 0) is 32.9 Å². The largest absolute Gasteiger partial charge is 0.491 e. The molecule has 0 radical (unpaired) electrons. The van der Waals surface area contributed by atoms with Gasteiger partial charge >= 0.3 is 0 Å². The zero-order valence-electron chi connectivity index (χ0n) is 10.7. The van der Waals surface area contributed by atoms with E-state index >= 15 is 0 Å². The third-order valence-electron chi connectivity index (χ3n) is 2.36. The van der Waals surface area contributed by atoms with Crippen LogP contribution in [-0.2, 0) is 0 Å². The second-order valence-corrected chi connectivity index (χ2v) is 4.41. The Kier molecular flexibility index (Phi) is 3.46. The Labute approximate surface area is 106 Å². The Balaban J connectivity index is 2.41. The normalized spacial score (nSPS) is 10.7. The van der Waals surface area contributed by atoms with Gasteiger partial charge in [-0.25, -0.2) is 4.98 Å². The van der Waals surface area contributed by atoms with Crippen molar-refractivity contribution in [2.24, 2.45) is 0 Å². The molecule has 0 aliphatic heterocycles. The Morgan fingerprint density at radius 2 is 2.06 bits per heavy atom. The molecule has 0 amide bonds. The highest BCUT2D eigenvalue weighted by Crippen LogP contribution is 2.22. The van der Waals surface area contributed by atoms with E-state index in [0.717, 1.165) is 11.3 Å². The molecule has 2 rings (SSSR count). The highest BCUT2D eigenvalue weighted by molar-refractivity contribution is 5.60. The number of H-pyrrole nitrogens is 1. The number of hydrogen-bond donors (Lipinski definition) is 1. The van der Waals surface area contributed by atoms with Crippen LogP contribution in [0.3, 0.4) is 0 Å². The van der Waals surface area contributed by atoms with Gasteiger partial charge in [0.05, 0.1) is 11.8 Å². The topological polar surface area (TPSA) is 55.0 Å². The van der Waals surface area contributed by atoms with E-state index in [1.807, 2.05) is 38.1 Å². The van der Waals surface area contributed by atoms with Crippen molar-refractivity contribution in [3.8, 4) is 17.0 Å². The molecule has 0 bridgehead atoms. The van der Waals surface area contributed by atoms with Crippen LogP contribution in [0.25, 0.3) is 11.3 Å². The summed E-state index contributed by atoms with van der Waals surface area (Å²) in [6.07, 6.45) is 0.120. The molecule has 1 N–H and O–H groups in total. The van der Waals surface area contributed by atoms with E-state index in [9.17, 15) is 4.79 Å². The highest BCUT2D eigenvalue weighted by Gasteiger charge is 2.04. The van der Waals surface area contributed by atoms with Gasteiger partial charge in [-0.2, -0.15) is 0 Å². The van der Waals surface area contributed by atoms with E-state index in [1.165, 1.54) is 6.07 Å². The average Bonchev–Trinajstić information content (AvgIpc) is 2.27. The monoisotopic (exact) mass is 244 g/mol. The van der Waals surface area contributed by atoms with Crippen LogP contribution in [0.2, 0.25) is 0 Å². The zero-order chi connectivity index (χ0) is 13.1. The van der Waals surface area contributed by atoms with Crippen molar-refractivity contribution in [2.45, 2.75) is 26.9 Å². The molecule has 1 aromatic heterocycles. The molecular weight excluding hydrogens is 228 g/mol. The van der Waals surface area contributed by atoms with E-state index in [0.29, 0.717) is 11.5 Å². The van der Waals surface area contributed by atoms with Gasteiger partial charge in [0.2, 0.25) is 0 Å². The molecule has 4 nitrogen and oxygen atoms in total. The molecule has 0 saturated heterocycles. The molecule has 0 aliphatic rings. The van der Waals surface area contributed by atoms with Crippen molar-refractivity contribution in [1.29, 1.82) is 0 Å². The number of rotatable bonds is 3. The lowest BCUT2D eigenvalue weighted by molar-refractivity contribution is 0.242. The molecule has 0 atom stereocenters. The Morgan fingerprint density at radius 3 is 2.72 bits per heavy atom. The molecule has 94 valence electrons. The molecular formula is C14H16N2O2. The van der Waals surface area contributed by atoms with Crippen LogP contribution in [0.5, 0.6) is 5.75 Å². The molecule has 0 saturated carbocycles. The van der Waals surface area contributed by atoms with Crippen LogP contribution < -0.4 is 10.3 Å². The fraction of sp³-hybridized carbons (Fsp3) is 0.286. The summed E-state index contributed by atoms with van der Waals surface area (Å²) in [7, 11) is 0. The number of benzene rings is 1. The van der Waals surface area contributed by atoms with E-state index in [1.54, 1.807) is 6.92 Å². The smallest absolute Gasteiger partial charge is 0.251 e. The Morgan fingerprint density at radius 1 is 1.28 bits per heavy atom. The maximum atomic E-state index is 11.4. The molecule has 0 unspecified atom stereocenters. The first-order valence-electron chi connectivity index (χ1n) is 5.89. The van der Waals surface area contributed by atoms with E-state index < -0.39 is 0 Å². The van der Waals surface area contributed by atoms with Crippen molar-refractivity contribution in [1.82, 2.24) is 9.97 Å². The van der Waals surface area contributed by atoms with E-state index in [-0.39, 0.29) is 11.7 Å². The van der Waals surface area contributed by atoms with Crippen LogP contribution in [0.1, 0.15) is 19.7 Å². The fourth-order valence-corrected chi connectivity index (χ4v) is 1.73. The number of nitrogens with one attached hydrogen (secondary N) is 1. The summed E-state index contributed by atoms with van der Waals surface area (Å²) >= 11 is 0. The minimum absolute atomic E-state index is 0.120. The second kappa shape index (κ2) is 5.04. The van der Waals surface area contributed by atoms with Crippen molar-refractivity contribution in [3.63, 3.8) is 0 Å². The van der Waals surface area contributed by atoms with Gasteiger partial charge in [-0.1, -0.05) is 12.1 Å². The van der Waals surface area contributed by atoms with E-state index in [4.69, 9.17) is 4.74 Å². The average molecular weight is 244 g/mol. The van der Waals surface area contributed by atoms with E-state index in [2.05, 4.69) is 9.97 Å². The van der Waals surface area contributed by atoms with Crippen LogP contribution >= 0.6 is 0 Å². The summed E-state index contributed by atoms with van der Waals surface area (Å²) in [5.41, 5.74) is 1.39. The van der Waals surface area contributed by atoms with Gasteiger partial charge in [0.25, 0.3) is 5.56 Å². The van der Waals surface area contributed by atoms with Gasteiger partial charge in [0, 0.05) is 11.6 Å². The predicted octanol–water partition coefficient (Wildman–Crippen LogP) is 2.53. The summed E-state index contributed by atoms with van der Waals surface area (Å²) in [5, 5.41) is 0.